The lowest BCUT2D eigenvalue weighted by atomic mass is 10.1. The average Bonchev–Trinajstić information content (AvgIpc) is 3.03. The summed E-state index contributed by atoms with van der Waals surface area (Å²) >= 11 is 0. The Morgan fingerprint density at radius 3 is 2.31 bits per heavy atom. The number of hydrogen-bond donors (Lipinski definition) is 1. The van der Waals surface area contributed by atoms with Crippen LogP contribution in [0.25, 0.3) is 0 Å². The third kappa shape index (κ3) is 4.57. The summed E-state index contributed by atoms with van der Waals surface area (Å²) in [6.07, 6.45) is 0.0222. The number of nitrogen functional groups attached to an aromatic ring is 1. The summed E-state index contributed by atoms with van der Waals surface area (Å²) in [6, 6.07) is -0.0354. The molecule has 0 bridgehead atoms. The zero-order valence-electron chi connectivity index (χ0n) is 17.4. The predicted molar refractivity (Wildman–Crippen MR) is 105 cm³/mol. The molecule has 1 aliphatic rings. The lowest BCUT2D eigenvalue weighted by Crippen LogP contribution is -2.43. The van der Waals surface area contributed by atoms with E-state index in [9.17, 15) is 24.0 Å². The standard InChI is InChI=1S/C19H28N4O6/c1-10(2)7-23-16(20)15(17(26)21(5)19(23)28)13(24)9-29-18(27)12-6-14(25)22(8-12)11(3)4/h10-12H,6-9,20H2,1-5H3. The van der Waals surface area contributed by atoms with Crippen molar-refractivity contribution in [2.45, 2.75) is 46.7 Å². The van der Waals surface area contributed by atoms with Gasteiger partial charge in [0, 0.05) is 32.6 Å². The van der Waals surface area contributed by atoms with Gasteiger partial charge in [0.05, 0.1) is 5.92 Å². The van der Waals surface area contributed by atoms with Crippen molar-refractivity contribution in [1.29, 1.82) is 0 Å². The molecule has 2 heterocycles. The number of nitrogens with two attached hydrogens (primary N) is 1. The van der Waals surface area contributed by atoms with Crippen molar-refractivity contribution < 1.29 is 19.1 Å². The Balaban J connectivity index is 2.18. The molecule has 1 aromatic rings. The smallest absolute Gasteiger partial charge is 0.332 e. The summed E-state index contributed by atoms with van der Waals surface area (Å²) < 4.78 is 7.03. The monoisotopic (exact) mass is 408 g/mol. The molecule has 2 N–H and O–H groups in total. The van der Waals surface area contributed by atoms with Gasteiger partial charge >= 0.3 is 11.7 Å². The number of aromatic nitrogens is 2. The van der Waals surface area contributed by atoms with Crippen molar-refractivity contribution in [1.82, 2.24) is 14.0 Å². The number of Topliss-reactive ketones (excluding diaryl/α,β-unsaturated/α-hetero) is 1. The molecule has 0 saturated carbocycles. The molecule has 160 valence electrons. The molecule has 1 aromatic heterocycles. The molecule has 2 rings (SSSR count). The second kappa shape index (κ2) is 8.62. The lowest BCUT2D eigenvalue weighted by molar-refractivity contribution is -0.147. The van der Waals surface area contributed by atoms with Gasteiger partial charge in [-0.05, 0) is 19.8 Å². The maximum absolute atomic E-state index is 12.6. The van der Waals surface area contributed by atoms with Gasteiger partial charge in [-0.1, -0.05) is 13.8 Å². The molecule has 29 heavy (non-hydrogen) atoms. The summed E-state index contributed by atoms with van der Waals surface area (Å²) in [6.45, 7) is 7.19. The fourth-order valence-electron chi connectivity index (χ4n) is 3.30. The van der Waals surface area contributed by atoms with Crippen molar-refractivity contribution >= 4 is 23.5 Å². The number of ether oxygens (including phenoxy) is 1. The Labute approximate surface area is 168 Å². The van der Waals surface area contributed by atoms with Gasteiger partial charge in [0.1, 0.15) is 11.4 Å². The van der Waals surface area contributed by atoms with Crippen LogP contribution < -0.4 is 17.0 Å². The molecule has 1 amide bonds. The zero-order chi connectivity index (χ0) is 22.0. The van der Waals surface area contributed by atoms with Gasteiger partial charge in [0.25, 0.3) is 5.56 Å². The topological polar surface area (TPSA) is 134 Å². The SMILES string of the molecule is CC(C)Cn1c(N)c(C(=O)COC(=O)C2CC(=O)N(C(C)C)C2)c(=O)n(C)c1=O. The van der Waals surface area contributed by atoms with Crippen LogP contribution in [0.4, 0.5) is 5.82 Å². The third-order valence-corrected chi connectivity index (χ3v) is 4.87. The van der Waals surface area contributed by atoms with E-state index in [-0.39, 0.29) is 48.8 Å². The molecular formula is C19H28N4O6. The van der Waals surface area contributed by atoms with Crippen LogP contribution in [-0.2, 0) is 27.9 Å². The first-order chi connectivity index (χ1) is 13.5. The highest BCUT2D eigenvalue weighted by atomic mass is 16.5. The van der Waals surface area contributed by atoms with Gasteiger partial charge in [-0.3, -0.25) is 28.3 Å². The molecule has 10 heteroatoms. The van der Waals surface area contributed by atoms with E-state index in [2.05, 4.69) is 0 Å². The number of esters is 1. The zero-order valence-corrected chi connectivity index (χ0v) is 17.4. The first kappa shape index (κ1) is 22.4. The molecule has 1 fully saturated rings. The number of rotatable bonds is 7. The van der Waals surface area contributed by atoms with Gasteiger partial charge in [-0.15, -0.1) is 0 Å². The van der Waals surface area contributed by atoms with E-state index >= 15 is 0 Å². The van der Waals surface area contributed by atoms with E-state index < -0.39 is 35.5 Å². The highest BCUT2D eigenvalue weighted by Crippen LogP contribution is 2.21. The summed E-state index contributed by atoms with van der Waals surface area (Å²) in [5, 5.41) is 0. The quantitative estimate of drug-likeness (QED) is 0.486. The maximum atomic E-state index is 12.6. The van der Waals surface area contributed by atoms with Crippen molar-refractivity contribution in [3.05, 3.63) is 26.4 Å². The Hall–Kier alpha value is -2.91. The van der Waals surface area contributed by atoms with E-state index in [0.717, 1.165) is 9.13 Å². The minimum absolute atomic E-state index is 0.0222. The van der Waals surface area contributed by atoms with Crippen molar-refractivity contribution in [2.24, 2.45) is 18.9 Å². The Morgan fingerprint density at radius 2 is 1.79 bits per heavy atom. The highest BCUT2D eigenvalue weighted by molar-refractivity contribution is 6.01. The largest absolute Gasteiger partial charge is 0.457 e. The molecule has 0 aliphatic carbocycles. The number of amides is 1. The van der Waals surface area contributed by atoms with Crippen LogP contribution in [-0.4, -0.2) is 50.9 Å². The van der Waals surface area contributed by atoms with Gasteiger partial charge < -0.3 is 15.4 Å². The minimum Gasteiger partial charge on any atom is -0.457 e. The number of hydrogen-bond acceptors (Lipinski definition) is 7. The molecule has 10 nitrogen and oxygen atoms in total. The van der Waals surface area contributed by atoms with Crippen LogP contribution in [0, 0.1) is 11.8 Å². The van der Waals surface area contributed by atoms with Crippen LogP contribution in [0.3, 0.4) is 0 Å². The molecule has 1 atom stereocenters. The van der Waals surface area contributed by atoms with Crippen LogP contribution in [0.1, 0.15) is 44.5 Å². The van der Waals surface area contributed by atoms with E-state index in [1.54, 1.807) is 4.90 Å². The Kier molecular flexibility index (Phi) is 6.66. The Bertz CT molecular complexity index is 943. The second-order valence-corrected chi connectivity index (χ2v) is 7.98. The van der Waals surface area contributed by atoms with Crippen LogP contribution >= 0.6 is 0 Å². The number of anilines is 1. The first-order valence-corrected chi connectivity index (χ1v) is 9.54. The molecule has 1 aliphatic heterocycles. The molecule has 0 aromatic carbocycles. The molecule has 0 spiro atoms. The van der Waals surface area contributed by atoms with Gasteiger partial charge in [0.2, 0.25) is 11.7 Å². The molecular weight excluding hydrogens is 380 g/mol. The third-order valence-electron chi connectivity index (χ3n) is 4.87. The number of ketones is 1. The summed E-state index contributed by atoms with van der Waals surface area (Å²) in [5.41, 5.74) is 4.10. The van der Waals surface area contributed by atoms with E-state index in [0.29, 0.717) is 0 Å². The predicted octanol–water partition coefficient (Wildman–Crippen LogP) is -0.232. The number of carbonyl (C=O) groups excluding carboxylic acids is 3. The van der Waals surface area contributed by atoms with E-state index in [1.165, 1.54) is 7.05 Å². The lowest BCUT2D eigenvalue weighted by Gasteiger charge is -2.20. The van der Waals surface area contributed by atoms with Crippen LogP contribution in [0.5, 0.6) is 0 Å². The summed E-state index contributed by atoms with van der Waals surface area (Å²) in [4.78, 5) is 63.1. The fraction of sp³-hybridized carbons (Fsp3) is 0.632. The van der Waals surface area contributed by atoms with Crippen molar-refractivity contribution in [3.63, 3.8) is 0 Å². The molecule has 0 radical (unpaired) electrons. The minimum atomic E-state index is -0.837. The maximum Gasteiger partial charge on any atom is 0.332 e. The highest BCUT2D eigenvalue weighted by Gasteiger charge is 2.37. The normalized spacial score (nSPS) is 16.7. The van der Waals surface area contributed by atoms with E-state index in [4.69, 9.17) is 10.5 Å². The Morgan fingerprint density at radius 1 is 1.17 bits per heavy atom. The summed E-state index contributed by atoms with van der Waals surface area (Å²) in [5.74, 6) is -2.47. The van der Waals surface area contributed by atoms with Gasteiger partial charge in [-0.25, -0.2) is 4.79 Å². The van der Waals surface area contributed by atoms with Crippen LogP contribution in [0.15, 0.2) is 9.59 Å². The first-order valence-electron chi connectivity index (χ1n) is 9.54. The van der Waals surface area contributed by atoms with Crippen LogP contribution in [0.2, 0.25) is 0 Å². The summed E-state index contributed by atoms with van der Waals surface area (Å²) in [7, 11) is 1.26. The number of likely N-dealkylation sites (tertiary alicyclic amines) is 1. The fourth-order valence-corrected chi connectivity index (χ4v) is 3.30. The molecule has 1 unspecified atom stereocenters. The van der Waals surface area contributed by atoms with Gasteiger partial charge in [0.15, 0.2) is 6.61 Å². The average molecular weight is 408 g/mol. The molecule has 1 saturated heterocycles. The number of nitrogens with zero attached hydrogens (tertiary/aromatic N) is 3. The number of carbonyl (C=O) groups is 3. The second-order valence-electron chi connectivity index (χ2n) is 7.98. The van der Waals surface area contributed by atoms with Crippen molar-refractivity contribution in [3.8, 4) is 0 Å². The van der Waals surface area contributed by atoms with Gasteiger partial charge in [-0.2, -0.15) is 0 Å². The van der Waals surface area contributed by atoms with Crippen molar-refractivity contribution in [2.75, 3.05) is 18.9 Å². The van der Waals surface area contributed by atoms with E-state index in [1.807, 2.05) is 27.7 Å².